The molecule has 2 heterocycles. The fourth-order valence-electron chi connectivity index (χ4n) is 2.41. The van der Waals surface area contributed by atoms with E-state index in [1.807, 2.05) is 0 Å². The van der Waals surface area contributed by atoms with Crippen molar-refractivity contribution in [3.05, 3.63) is 35.7 Å². The summed E-state index contributed by atoms with van der Waals surface area (Å²) in [5, 5.41) is 3.83. The fourth-order valence-corrected chi connectivity index (χ4v) is 2.41. The number of halogens is 2. The first-order valence-electron chi connectivity index (χ1n) is 7.19. The van der Waals surface area contributed by atoms with Crippen LogP contribution in [0.3, 0.4) is 0 Å². The maximum Gasteiger partial charge on any atom is 0.257 e. The van der Waals surface area contributed by atoms with Crippen molar-refractivity contribution in [1.82, 2.24) is 15.0 Å². The van der Waals surface area contributed by atoms with Gasteiger partial charge in [-0.3, -0.25) is 4.90 Å². The van der Waals surface area contributed by atoms with Gasteiger partial charge in [-0.15, -0.1) is 0 Å². The van der Waals surface area contributed by atoms with Gasteiger partial charge in [-0.2, -0.15) is 4.98 Å². The minimum absolute atomic E-state index is 0.221. The Morgan fingerprint density at radius 1 is 1.27 bits per heavy atom. The van der Waals surface area contributed by atoms with Crippen LogP contribution in [0.25, 0.3) is 11.4 Å². The average Bonchev–Trinajstić information content (AvgIpc) is 3.00. The molecule has 0 aliphatic carbocycles. The van der Waals surface area contributed by atoms with E-state index in [2.05, 4.69) is 28.9 Å². The zero-order valence-electron chi connectivity index (χ0n) is 12.4. The van der Waals surface area contributed by atoms with Crippen LogP contribution in [-0.2, 0) is 4.74 Å². The molecule has 1 aliphatic heterocycles. The Labute approximate surface area is 126 Å². The van der Waals surface area contributed by atoms with Crippen LogP contribution in [0.1, 0.15) is 25.8 Å². The first-order chi connectivity index (χ1) is 10.5. The van der Waals surface area contributed by atoms with Crippen LogP contribution in [0.5, 0.6) is 0 Å². The highest BCUT2D eigenvalue weighted by molar-refractivity contribution is 5.54. The topological polar surface area (TPSA) is 51.4 Å². The maximum atomic E-state index is 13.3. The summed E-state index contributed by atoms with van der Waals surface area (Å²) in [4.78, 5) is 6.51. The third-order valence-corrected chi connectivity index (χ3v) is 3.72. The third kappa shape index (κ3) is 3.00. The van der Waals surface area contributed by atoms with Crippen LogP contribution >= 0.6 is 0 Å². The first kappa shape index (κ1) is 15.1. The normalized spacial score (nSPS) is 19.8. The molecule has 22 heavy (non-hydrogen) atoms. The number of morpholine rings is 1. The Balaban J connectivity index is 1.79. The smallest absolute Gasteiger partial charge is 0.257 e. The lowest BCUT2D eigenvalue weighted by Gasteiger charge is -2.33. The minimum atomic E-state index is -0.941. The minimum Gasteiger partial charge on any atom is -0.366 e. The maximum absolute atomic E-state index is 13.3. The van der Waals surface area contributed by atoms with Gasteiger partial charge in [0.25, 0.3) is 5.89 Å². The Bertz CT molecular complexity index is 660. The number of hydrogen-bond acceptors (Lipinski definition) is 5. The summed E-state index contributed by atoms with van der Waals surface area (Å²) in [6, 6.07) is 3.90. The summed E-state index contributed by atoms with van der Waals surface area (Å²) in [5.74, 6) is -1.27. The molecule has 1 aromatic carbocycles. The third-order valence-electron chi connectivity index (χ3n) is 3.72. The summed E-state index contributed by atoms with van der Waals surface area (Å²) < 4.78 is 37.1. The van der Waals surface area contributed by atoms with Crippen LogP contribution in [0.15, 0.2) is 22.7 Å². The van der Waals surface area contributed by atoms with E-state index in [-0.39, 0.29) is 11.9 Å². The van der Waals surface area contributed by atoms with Gasteiger partial charge < -0.3 is 9.26 Å². The van der Waals surface area contributed by atoms with Crippen molar-refractivity contribution in [2.75, 3.05) is 19.7 Å². The van der Waals surface area contributed by atoms with Gasteiger partial charge in [0.05, 0.1) is 6.61 Å². The standard InChI is InChI=1S/C15H17F2N3O2/c1-9(2)20-5-6-21-13(8-20)15-18-14(19-22-15)10-3-4-11(16)12(17)7-10/h3-4,7,9,13H,5-6,8H2,1-2H3/t13-/m1/s1. The lowest BCUT2D eigenvalue weighted by molar-refractivity contribution is -0.0539. The molecule has 0 N–H and O–H groups in total. The van der Waals surface area contributed by atoms with Crippen LogP contribution in [0.4, 0.5) is 8.78 Å². The average molecular weight is 309 g/mol. The predicted molar refractivity (Wildman–Crippen MR) is 75.1 cm³/mol. The summed E-state index contributed by atoms with van der Waals surface area (Å²) >= 11 is 0. The number of benzene rings is 1. The van der Waals surface area contributed by atoms with Crippen molar-refractivity contribution < 1.29 is 18.0 Å². The Kier molecular flexibility index (Phi) is 4.17. The van der Waals surface area contributed by atoms with E-state index >= 15 is 0 Å². The molecule has 0 saturated carbocycles. The van der Waals surface area contributed by atoms with E-state index in [4.69, 9.17) is 9.26 Å². The number of hydrogen-bond donors (Lipinski definition) is 0. The first-order valence-corrected chi connectivity index (χ1v) is 7.19. The van der Waals surface area contributed by atoms with Crippen molar-refractivity contribution in [2.24, 2.45) is 0 Å². The second kappa shape index (κ2) is 6.10. The zero-order chi connectivity index (χ0) is 15.7. The molecule has 5 nitrogen and oxygen atoms in total. The van der Waals surface area contributed by atoms with Crippen molar-refractivity contribution >= 4 is 0 Å². The van der Waals surface area contributed by atoms with Gasteiger partial charge in [-0.1, -0.05) is 5.16 Å². The van der Waals surface area contributed by atoms with Crippen molar-refractivity contribution in [1.29, 1.82) is 0 Å². The highest BCUT2D eigenvalue weighted by Crippen LogP contribution is 2.25. The van der Waals surface area contributed by atoms with E-state index < -0.39 is 11.6 Å². The van der Waals surface area contributed by atoms with E-state index in [0.29, 0.717) is 30.6 Å². The summed E-state index contributed by atoms with van der Waals surface area (Å²) in [6.07, 6.45) is -0.303. The molecule has 2 aromatic rings. The van der Waals surface area contributed by atoms with Crippen LogP contribution in [0.2, 0.25) is 0 Å². The van der Waals surface area contributed by atoms with E-state index in [0.717, 1.165) is 18.7 Å². The van der Waals surface area contributed by atoms with Gasteiger partial charge in [0.15, 0.2) is 11.6 Å². The van der Waals surface area contributed by atoms with E-state index in [9.17, 15) is 8.78 Å². The molecule has 3 rings (SSSR count). The molecule has 0 amide bonds. The molecule has 1 fully saturated rings. The molecule has 1 saturated heterocycles. The summed E-state index contributed by atoms with van der Waals surface area (Å²) in [6.45, 7) is 6.34. The Morgan fingerprint density at radius 3 is 2.82 bits per heavy atom. The molecular formula is C15H17F2N3O2. The van der Waals surface area contributed by atoms with Crippen molar-refractivity contribution in [3.8, 4) is 11.4 Å². The quantitative estimate of drug-likeness (QED) is 0.872. The van der Waals surface area contributed by atoms with Crippen LogP contribution < -0.4 is 0 Å². The van der Waals surface area contributed by atoms with Crippen molar-refractivity contribution in [3.63, 3.8) is 0 Å². The summed E-state index contributed by atoms with van der Waals surface area (Å²) in [5.41, 5.74) is 0.366. The molecule has 0 radical (unpaired) electrons. The lowest BCUT2D eigenvalue weighted by atomic mass is 10.2. The number of rotatable bonds is 3. The second-order valence-electron chi connectivity index (χ2n) is 5.53. The largest absolute Gasteiger partial charge is 0.366 e. The predicted octanol–water partition coefficient (Wildman–Crippen LogP) is 2.80. The van der Waals surface area contributed by atoms with Crippen LogP contribution in [0, 0.1) is 11.6 Å². The lowest BCUT2D eigenvalue weighted by Crippen LogP contribution is -2.42. The molecule has 0 unspecified atom stereocenters. The Morgan fingerprint density at radius 2 is 2.09 bits per heavy atom. The van der Waals surface area contributed by atoms with Gasteiger partial charge in [0.1, 0.15) is 6.10 Å². The zero-order valence-corrected chi connectivity index (χ0v) is 12.4. The highest BCUT2D eigenvalue weighted by atomic mass is 19.2. The number of ether oxygens (including phenoxy) is 1. The molecule has 0 bridgehead atoms. The van der Waals surface area contributed by atoms with Gasteiger partial charge in [0, 0.05) is 24.7 Å². The van der Waals surface area contributed by atoms with E-state index in [1.165, 1.54) is 6.07 Å². The molecular weight excluding hydrogens is 292 g/mol. The van der Waals surface area contributed by atoms with Gasteiger partial charge in [-0.05, 0) is 32.0 Å². The Hall–Kier alpha value is -1.86. The molecule has 7 heteroatoms. The fraction of sp³-hybridized carbons (Fsp3) is 0.467. The molecule has 1 atom stereocenters. The molecule has 1 aliphatic rings. The van der Waals surface area contributed by atoms with Gasteiger partial charge >= 0.3 is 0 Å². The second-order valence-corrected chi connectivity index (χ2v) is 5.53. The number of nitrogens with zero attached hydrogens (tertiary/aromatic N) is 3. The molecule has 0 spiro atoms. The molecule has 1 aromatic heterocycles. The summed E-state index contributed by atoms with van der Waals surface area (Å²) in [7, 11) is 0. The van der Waals surface area contributed by atoms with Crippen molar-refractivity contribution in [2.45, 2.75) is 26.0 Å². The van der Waals surface area contributed by atoms with E-state index in [1.54, 1.807) is 0 Å². The monoisotopic (exact) mass is 309 g/mol. The molecule has 118 valence electrons. The van der Waals surface area contributed by atoms with Gasteiger partial charge in [-0.25, -0.2) is 8.78 Å². The van der Waals surface area contributed by atoms with Crippen LogP contribution in [-0.4, -0.2) is 40.8 Å². The SMILES string of the molecule is CC(C)N1CCO[C@@H](c2nc(-c3ccc(F)c(F)c3)no2)C1. The van der Waals surface area contributed by atoms with Gasteiger partial charge in [0.2, 0.25) is 5.82 Å². The number of aromatic nitrogens is 2. The highest BCUT2D eigenvalue weighted by Gasteiger charge is 2.28.